The molecule has 0 aromatic rings. The second-order valence-electron chi connectivity index (χ2n) is 1.10. The minimum Gasteiger partial charge on any atom is -0.361 e. The van der Waals surface area contributed by atoms with Gasteiger partial charge < -0.3 is 5.53 Å². The lowest BCUT2D eigenvalue weighted by Gasteiger charge is -1.72. The quantitative estimate of drug-likeness (QED) is 0.171. The van der Waals surface area contributed by atoms with Gasteiger partial charge in [0.15, 0.2) is 0 Å². The second-order valence-corrected chi connectivity index (χ2v) is 1.10. The number of rotatable bonds is 2. The molecule has 0 spiro atoms. The minimum atomic E-state index is -1.31. The Labute approximate surface area is 54.5 Å². The van der Waals surface area contributed by atoms with Crippen molar-refractivity contribution in [2.75, 3.05) is 0 Å². The van der Waals surface area contributed by atoms with E-state index < -0.39 is 11.7 Å². The molecule has 0 aromatic carbocycles. The molecule has 0 bridgehead atoms. The molecule has 0 fully saturated rings. The van der Waals surface area contributed by atoms with E-state index >= 15 is 0 Å². The van der Waals surface area contributed by atoms with Crippen LogP contribution < -0.4 is 0 Å². The van der Waals surface area contributed by atoms with Gasteiger partial charge in [0.1, 0.15) is 0 Å². The van der Waals surface area contributed by atoms with Gasteiger partial charge in [-0.15, -0.1) is 0 Å². The Hall–Kier alpha value is -1.97. The van der Waals surface area contributed by atoms with Crippen LogP contribution in [0.15, 0.2) is 5.11 Å². The summed E-state index contributed by atoms with van der Waals surface area (Å²) in [4.78, 5) is 24.7. The topological polar surface area (TPSA) is 119 Å². The van der Waals surface area contributed by atoms with E-state index in [4.69, 9.17) is 11.1 Å². The van der Waals surface area contributed by atoms with Crippen molar-refractivity contribution < 1.29 is 14.4 Å². The molecule has 0 aliphatic heterocycles. The standard InChI is InChI=1S/C3HN5O2/c4-6-1-2(9)3(10)7-8-5/h1H. The van der Waals surface area contributed by atoms with Gasteiger partial charge in [0.05, 0.1) is 0 Å². The Bertz CT molecular complexity index is 228. The fourth-order valence-electron chi connectivity index (χ4n) is 0.198. The number of carbonyl (C=O) groups is 2. The van der Waals surface area contributed by atoms with E-state index in [1.807, 2.05) is 0 Å². The summed E-state index contributed by atoms with van der Waals surface area (Å²) in [5.41, 5.74) is 15.3. The summed E-state index contributed by atoms with van der Waals surface area (Å²) in [7, 11) is 0. The highest BCUT2D eigenvalue weighted by Gasteiger charge is 2.11. The molecule has 7 heteroatoms. The highest BCUT2D eigenvalue weighted by atomic mass is 16.2. The van der Waals surface area contributed by atoms with E-state index in [1.54, 1.807) is 0 Å². The van der Waals surface area contributed by atoms with Crippen LogP contribution in [0.1, 0.15) is 0 Å². The largest absolute Gasteiger partial charge is 0.361 e. The molecule has 0 aliphatic carbocycles. The molecule has 0 saturated heterocycles. The number of azide groups is 1. The van der Waals surface area contributed by atoms with Crippen molar-refractivity contribution >= 4 is 17.9 Å². The Morgan fingerprint density at radius 2 is 2.00 bits per heavy atom. The highest BCUT2D eigenvalue weighted by molar-refractivity contribution is 6.57. The SMILES string of the molecule is [N-]=[N+]=CC(=O)C(=O)N=[N+]=[N-]. The van der Waals surface area contributed by atoms with Crippen molar-refractivity contribution in [3.63, 3.8) is 0 Å². The van der Waals surface area contributed by atoms with Crippen LogP contribution in [-0.4, -0.2) is 22.7 Å². The summed E-state index contributed by atoms with van der Waals surface area (Å²) in [5.74, 6) is -2.47. The van der Waals surface area contributed by atoms with Crippen molar-refractivity contribution in [1.29, 1.82) is 0 Å². The Kier molecular flexibility index (Phi) is 3.18. The zero-order valence-electron chi connectivity index (χ0n) is 4.63. The van der Waals surface area contributed by atoms with Gasteiger partial charge in [-0.1, -0.05) is 0 Å². The normalized spacial score (nSPS) is 6.80. The number of ketones is 1. The van der Waals surface area contributed by atoms with Crippen LogP contribution in [0.3, 0.4) is 0 Å². The lowest BCUT2D eigenvalue weighted by atomic mass is 10.4. The molecule has 10 heavy (non-hydrogen) atoms. The third-order valence-corrected chi connectivity index (χ3v) is 0.521. The van der Waals surface area contributed by atoms with Crippen LogP contribution >= 0.6 is 0 Å². The van der Waals surface area contributed by atoms with Crippen LogP contribution in [-0.2, 0) is 9.59 Å². The molecular weight excluding hydrogens is 138 g/mol. The van der Waals surface area contributed by atoms with E-state index in [0.29, 0.717) is 6.21 Å². The van der Waals surface area contributed by atoms with Crippen molar-refractivity contribution in [2.24, 2.45) is 5.11 Å². The average Bonchev–Trinajstić information content (AvgIpc) is 1.89. The number of Topliss-reactive ketones (excluding diaryl/α,β-unsaturated/α-hetero) is 1. The minimum absolute atomic E-state index is 0.344. The number of carbonyl (C=O) groups excluding carboxylic acids is 2. The smallest absolute Gasteiger partial charge is 0.331 e. The van der Waals surface area contributed by atoms with Crippen molar-refractivity contribution in [2.45, 2.75) is 0 Å². The average molecular weight is 139 g/mol. The number of hydrogen-bond acceptors (Lipinski definition) is 2. The zero-order chi connectivity index (χ0) is 7.98. The molecule has 0 radical (unpaired) electrons. The maximum Gasteiger partial charge on any atom is 0.331 e. The summed E-state index contributed by atoms with van der Waals surface area (Å²) in [5, 5.41) is 2.43. The fourth-order valence-corrected chi connectivity index (χ4v) is 0.198. The molecule has 50 valence electrons. The van der Waals surface area contributed by atoms with Gasteiger partial charge in [-0.3, -0.25) is 9.59 Å². The van der Waals surface area contributed by atoms with E-state index in [1.165, 1.54) is 0 Å². The molecule has 0 N–H and O–H groups in total. The van der Waals surface area contributed by atoms with Gasteiger partial charge >= 0.3 is 12.0 Å². The van der Waals surface area contributed by atoms with Gasteiger partial charge in [0.25, 0.3) is 5.91 Å². The molecule has 0 rings (SSSR count). The van der Waals surface area contributed by atoms with Crippen LogP contribution in [0.4, 0.5) is 0 Å². The molecule has 0 unspecified atom stereocenters. The first-order valence-corrected chi connectivity index (χ1v) is 2.03. The summed E-state index contributed by atoms with van der Waals surface area (Å²) < 4.78 is 0. The van der Waals surface area contributed by atoms with Gasteiger partial charge in [-0.2, -0.15) is 4.79 Å². The Morgan fingerprint density at radius 1 is 1.40 bits per heavy atom. The third-order valence-electron chi connectivity index (χ3n) is 0.521. The van der Waals surface area contributed by atoms with E-state index in [0.717, 1.165) is 0 Å². The van der Waals surface area contributed by atoms with Crippen molar-refractivity contribution in [3.05, 3.63) is 16.0 Å². The van der Waals surface area contributed by atoms with E-state index in [2.05, 4.69) is 14.8 Å². The second kappa shape index (κ2) is 3.96. The molecule has 7 nitrogen and oxygen atoms in total. The Balaban J connectivity index is 4.37. The van der Waals surface area contributed by atoms with Gasteiger partial charge in [0.2, 0.25) is 0 Å². The molecule has 0 aromatic heterocycles. The first-order valence-electron chi connectivity index (χ1n) is 2.03. The predicted octanol–water partition coefficient (Wildman–Crippen LogP) is -0.307. The maximum absolute atomic E-state index is 10.2. The number of amides is 1. The molecule has 0 aliphatic rings. The molecule has 0 atom stereocenters. The summed E-state index contributed by atoms with van der Waals surface area (Å²) >= 11 is 0. The fraction of sp³-hybridized carbons (Fsp3) is 0. The van der Waals surface area contributed by atoms with Gasteiger partial charge in [0, 0.05) is 4.91 Å². The monoisotopic (exact) mass is 139 g/mol. The number of hydrogen-bond donors (Lipinski definition) is 0. The number of nitrogens with zero attached hydrogens (tertiary/aromatic N) is 5. The lowest BCUT2D eigenvalue weighted by molar-refractivity contribution is -0.133. The van der Waals surface area contributed by atoms with Gasteiger partial charge in [-0.25, -0.2) is 0 Å². The zero-order valence-corrected chi connectivity index (χ0v) is 4.63. The molecule has 0 heterocycles. The summed E-state index contributed by atoms with van der Waals surface area (Å²) in [6, 6.07) is 0. The van der Waals surface area contributed by atoms with Crippen LogP contribution in [0.5, 0.6) is 0 Å². The maximum atomic E-state index is 10.2. The highest BCUT2D eigenvalue weighted by Crippen LogP contribution is 1.74. The van der Waals surface area contributed by atoms with Crippen LogP contribution in [0.25, 0.3) is 16.0 Å². The molecular formula is C3HN5O2. The lowest BCUT2D eigenvalue weighted by Crippen LogP contribution is -2.11. The summed E-state index contributed by atoms with van der Waals surface area (Å²) in [6.07, 6.45) is 0.344. The van der Waals surface area contributed by atoms with Crippen molar-refractivity contribution in [3.8, 4) is 0 Å². The van der Waals surface area contributed by atoms with Crippen molar-refractivity contribution in [1.82, 2.24) is 0 Å². The van der Waals surface area contributed by atoms with Crippen LogP contribution in [0, 0.1) is 0 Å². The molecule has 0 saturated carbocycles. The predicted molar refractivity (Wildman–Crippen MR) is 28.8 cm³/mol. The van der Waals surface area contributed by atoms with E-state index in [-0.39, 0.29) is 0 Å². The first kappa shape index (κ1) is 8.03. The van der Waals surface area contributed by atoms with Crippen LogP contribution in [0.2, 0.25) is 0 Å². The third kappa shape index (κ3) is 2.37. The Morgan fingerprint density at radius 3 is 2.40 bits per heavy atom. The van der Waals surface area contributed by atoms with Gasteiger partial charge in [-0.05, 0) is 10.6 Å². The summed E-state index contributed by atoms with van der Waals surface area (Å²) in [6.45, 7) is 0. The first-order chi connectivity index (χ1) is 4.72. The van der Waals surface area contributed by atoms with E-state index in [9.17, 15) is 9.59 Å². The molecule has 1 amide bonds.